The van der Waals surface area contributed by atoms with E-state index in [9.17, 15) is 4.79 Å². The molecule has 0 aliphatic heterocycles. The van der Waals surface area contributed by atoms with Crippen LogP contribution in [0.4, 0.5) is 11.4 Å². The number of anilines is 2. The van der Waals surface area contributed by atoms with Gasteiger partial charge >= 0.3 is 0 Å². The highest BCUT2D eigenvalue weighted by Crippen LogP contribution is 2.23. The fraction of sp³-hybridized carbons (Fsp3) is 0.231. The minimum Gasteiger partial charge on any atom is -0.484 e. The summed E-state index contributed by atoms with van der Waals surface area (Å²) < 4.78 is 5.61. The topological polar surface area (TPSA) is 65.4 Å². The van der Waals surface area contributed by atoms with Crippen molar-refractivity contribution in [2.75, 3.05) is 23.4 Å². The molecule has 0 saturated carbocycles. The predicted molar refractivity (Wildman–Crippen MR) is 125 cm³/mol. The van der Waals surface area contributed by atoms with Gasteiger partial charge in [0.05, 0.1) is 11.6 Å². The molecular formula is C26H27N3O2. The van der Waals surface area contributed by atoms with Gasteiger partial charge in [0, 0.05) is 24.0 Å². The van der Waals surface area contributed by atoms with Crippen LogP contribution in [0, 0.1) is 11.3 Å². The first-order valence-corrected chi connectivity index (χ1v) is 10.4. The predicted octanol–water partition coefficient (Wildman–Crippen LogP) is 5.48. The molecule has 0 heterocycles. The Morgan fingerprint density at radius 1 is 0.968 bits per heavy atom. The third-order valence-corrected chi connectivity index (χ3v) is 5.02. The summed E-state index contributed by atoms with van der Waals surface area (Å²) in [6, 6.07) is 25.3. The van der Waals surface area contributed by atoms with E-state index in [4.69, 9.17) is 10.00 Å². The van der Waals surface area contributed by atoms with Gasteiger partial charge in [-0.1, -0.05) is 24.3 Å². The number of hydrogen-bond donors (Lipinski definition) is 1. The SMILES string of the molecule is CCN(c1ccc(NC(=O)COc2ccc(-c3ccc(C#N)cc3)cc2)cc1)C(C)C. The average molecular weight is 414 g/mol. The number of benzene rings is 3. The van der Waals surface area contributed by atoms with Crippen molar-refractivity contribution in [2.24, 2.45) is 0 Å². The van der Waals surface area contributed by atoms with Crippen molar-refractivity contribution in [1.29, 1.82) is 5.26 Å². The second-order valence-electron chi connectivity index (χ2n) is 7.48. The van der Waals surface area contributed by atoms with Crippen molar-refractivity contribution < 1.29 is 9.53 Å². The molecule has 3 aromatic rings. The van der Waals surface area contributed by atoms with E-state index in [0.717, 1.165) is 29.0 Å². The van der Waals surface area contributed by atoms with Crippen LogP contribution in [0.1, 0.15) is 26.3 Å². The Bertz CT molecular complexity index is 1030. The second-order valence-corrected chi connectivity index (χ2v) is 7.48. The van der Waals surface area contributed by atoms with Gasteiger partial charge in [-0.05, 0) is 80.4 Å². The molecule has 31 heavy (non-hydrogen) atoms. The zero-order valence-electron chi connectivity index (χ0n) is 18.1. The molecule has 0 atom stereocenters. The molecule has 0 saturated heterocycles. The van der Waals surface area contributed by atoms with Crippen LogP contribution in [0.2, 0.25) is 0 Å². The van der Waals surface area contributed by atoms with Crippen molar-refractivity contribution >= 4 is 17.3 Å². The second kappa shape index (κ2) is 10.3. The molecule has 0 aliphatic carbocycles. The molecule has 1 N–H and O–H groups in total. The molecule has 1 amide bonds. The highest BCUT2D eigenvalue weighted by Gasteiger charge is 2.09. The van der Waals surface area contributed by atoms with Crippen molar-refractivity contribution in [3.8, 4) is 22.9 Å². The van der Waals surface area contributed by atoms with Gasteiger partial charge in [-0.25, -0.2) is 0 Å². The fourth-order valence-electron chi connectivity index (χ4n) is 3.41. The molecule has 0 aromatic heterocycles. The number of nitrogens with one attached hydrogen (secondary N) is 1. The van der Waals surface area contributed by atoms with Crippen LogP contribution in [-0.2, 0) is 4.79 Å². The number of hydrogen-bond acceptors (Lipinski definition) is 4. The highest BCUT2D eigenvalue weighted by molar-refractivity contribution is 5.92. The molecule has 0 spiro atoms. The normalized spacial score (nSPS) is 10.4. The van der Waals surface area contributed by atoms with Crippen LogP contribution >= 0.6 is 0 Å². The smallest absolute Gasteiger partial charge is 0.262 e. The van der Waals surface area contributed by atoms with E-state index in [1.165, 1.54) is 0 Å². The zero-order chi connectivity index (χ0) is 22.2. The highest BCUT2D eigenvalue weighted by atomic mass is 16.5. The quantitative estimate of drug-likeness (QED) is 0.531. The van der Waals surface area contributed by atoms with Crippen molar-refractivity contribution in [1.82, 2.24) is 0 Å². The number of amides is 1. The molecule has 158 valence electrons. The summed E-state index contributed by atoms with van der Waals surface area (Å²) in [5.74, 6) is 0.415. The summed E-state index contributed by atoms with van der Waals surface area (Å²) in [7, 11) is 0. The third kappa shape index (κ3) is 5.86. The summed E-state index contributed by atoms with van der Waals surface area (Å²) in [5, 5.41) is 11.8. The van der Waals surface area contributed by atoms with Crippen LogP contribution in [0.25, 0.3) is 11.1 Å². The molecule has 0 fully saturated rings. The summed E-state index contributed by atoms with van der Waals surface area (Å²) >= 11 is 0. The Labute approximate surface area is 183 Å². The standard InChI is InChI=1S/C26H27N3O2/c1-4-29(19(2)3)24-13-11-23(12-14-24)28-26(30)18-31-25-15-9-22(10-16-25)21-7-5-20(17-27)6-8-21/h5-16,19H,4,18H2,1-3H3,(H,28,30). The fourth-order valence-corrected chi connectivity index (χ4v) is 3.41. The first kappa shape index (κ1) is 21.9. The lowest BCUT2D eigenvalue weighted by Gasteiger charge is -2.27. The van der Waals surface area contributed by atoms with Gasteiger partial charge in [-0.15, -0.1) is 0 Å². The minimum atomic E-state index is -0.208. The number of carbonyl (C=O) groups is 1. The Hall–Kier alpha value is -3.78. The maximum Gasteiger partial charge on any atom is 0.262 e. The number of carbonyl (C=O) groups excluding carboxylic acids is 1. The van der Waals surface area contributed by atoms with Gasteiger partial charge in [-0.2, -0.15) is 5.26 Å². The summed E-state index contributed by atoms with van der Waals surface area (Å²) in [6.07, 6.45) is 0. The zero-order valence-corrected chi connectivity index (χ0v) is 18.1. The largest absolute Gasteiger partial charge is 0.484 e. The minimum absolute atomic E-state index is 0.0644. The number of nitrogens with zero attached hydrogens (tertiary/aromatic N) is 2. The lowest BCUT2D eigenvalue weighted by Crippen LogP contribution is -2.30. The van der Waals surface area contributed by atoms with Gasteiger partial charge in [-0.3, -0.25) is 4.79 Å². The summed E-state index contributed by atoms with van der Waals surface area (Å²) in [5.41, 5.74) is 4.55. The lowest BCUT2D eigenvalue weighted by atomic mass is 10.0. The van der Waals surface area contributed by atoms with Crippen molar-refractivity contribution in [3.05, 3.63) is 78.4 Å². The number of ether oxygens (including phenoxy) is 1. The number of nitriles is 1. The van der Waals surface area contributed by atoms with E-state index in [0.29, 0.717) is 17.4 Å². The first-order chi connectivity index (χ1) is 15.0. The Kier molecular flexibility index (Phi) is 7.29. The molecule has 3 aromatic carbocycles. The monoisotopic (exact) mass is 413 g/mol. The Morgan fingerprint density at radius 2 is 1.55 bits per heavy atom. The van der Waals surface area contributed by atoms with E-state index >= 15 is 0 Å². The maximum atomic E-state index is 12.2. The van der Waals surface area contributed by atoms with E-state index < -0.39 is 0 Å². The molecule has 0 radical (unpaired) electrons. The van der Waals surface area contributed by atoms with Gasteiger partial charge in [0.2, 0.25) is 0 Å². The Balaban J connectivity index is 1.53. The Morgan fingerprint density at radius 3 is 2.06 bits per heavy atom. The van der Waals surface area contributed by atoms with Crippen molar-refractivity contribution in [3.63, 3.8) is 0 Å². The van der Waals surface area contributed by atoms with E-state index in [2.05, 4.69) is 37.1 Å². The van der Waals surface area contributed by atoms with E-state index in [-0.39, 0.29) is 12.5 Å². The first-order valence-electron chi connectivity index (χ1n) is 10.4. The van der Waals surface area contributed by atoms with Crippen LogP contribution in [0.15, 0.2) is 72.8 Å². The third-order valence-electron chi connectivity index (χ3n) is 5.02. The maximum absolute atomic E-state index is 12.2. The van der Waals surface area contributed by atoms with Crippen LogP contribution in [0.5, 0.6) is 5.75 Å². The van der Waals surface area contributed by atoms with Crippen LogP contribution in [-0.4, -0.2) is 25.1 Å². The molecule has 5 nitrogen and oxygen atoms in total. The molecule has 0 aliphatic rings. The van der Waals surface area contributed by atoms with Gasteiger partial charge in [0.15, 0.2) is 6.61 Å². The molecule has 0 bridgehead atoms. The van der Waals surface area contributed by atoms with Gasteiger partial charge in [0.25, 0.3) is 5.91 Å². The molecule has 3 rings (SSSR count). The average Bonchev–Trinajstić information content (AvgIpc) is 2.79. The molecule has 5 heteroatoms. The summed E-state index contributed by atoms with van der Waals surface area (Å²) in [6.45, 7) is 7.32. The van der Waals surface area contributed by atoms with E-state index in [1.54, 1.807) is 12.1 Å². The molecule has 0 unspecified atom stereocenters. The summed E-state index contributed by atoms with van der Waals surface area (Å²) in [4.78, 5) is 14.5. The van der Waals surface area contributed by atoms with E-state index in [1.807, 2.05) is 60.7 Å². The number of rotatable bonds is 8. The van der Waals surface area contributed by atoms with Gasteiger partial charge < -0.3 is 15.0 Å². The van der Waals surface area contributed by atoms with Crippen molar-refractivity contribution in [2.45, 2.75) is 26.8 Å². The van der Waals surface area contributed by atoms with Gasteiger partial charge in [0.1, 0.15) is 5.75 Å². The van der Waals surface area contributed by atoms with Crippen LogP contribution in [0.3, 0.4) is 0 Å². The molecular weight excluding hydrogens is 386 g/mol. The van der Waals surface area contributed by atoms with Crippen LogP contribution < -0.4 is 15.0 Å². The lowest BCUT2D eigenvalue weighted by molar-refractivity contribution is -0.118.